The van der Waals surface area contributed by atoms with E-state index in [0.717, 1.165) is 23.4 Å². The Kier molecular flexibility index (Phi) is 5.27. The van der Waals surface area contributed by atoms with Crippen LogP contribution in [0.2, 0.25) is 0 Å². The quantitative estimate of drug-likeness (QED) is 0.633. The van der Waals surface area contributed by atoms with Gasteiger partial charge in [-0.05, 0) is 37.2 Å². The molecule has 0 amide bonds. The van der Waals surface area contributed by atoms with Crippen molar-refractivity contribution in [2.24, 2.45) is 0 Å². The SMILES string of the molecule is CCCc1cc(=O)[nH]c(Sc2cccc(OCC)c2N)n1. The maximum atomic E-state index is 11.7. The molecule has 0 fully saturated rings. The minimum Gasteiger partial charge on any atom is -0.492 e. The molecule has 0 unspecified atom stereocenters. The Morgan fingerprint density at radius 1 is 1.38 bits per heavy atom. The molecule has 2 rings (SSSR count). The molecule has 1 aromatic heterocycles. The van der Waals surface area contributed by atoms with Crippen LogP contribution in [0.15, 0.2) is 39.1 Å². The summed E-state index contributed by atoms with van der Waals surface area (Å²) in [5.74, 6) is 0.648. The van der Waals surface area contributed by atoms with E-state index >= 15 is 0 Å². The monoisotopic (exact) mass is 305 g/mol. The zero-order chi connectivity index (χ0) is 15.2. The van der Waals surface area contributed by atoms with Gasteiger partial charge < -0.3 is 15.5 Å². The number of rotatable bonds is 6. The van der Waals surface area contributed by atoms with Crippen LogP contribution in [-0.4, -0.2) is 16.6 Å². The number of hydrogen-bond acceptors (Lipinski definition) is 5. The number of nitrogen functional groups attached to an aromatic ring is 1. The number of para-hydroxylation sites is 1. The third-order valence-electron chi connectivity index (χ3n) is 2.81. The van der Waals surface area contributed by atoms with Gasteiger partial charge in [-0.1, -0.05) is 19.4 Å². The summed E-state index contributed by atoms with van der Waals surface area (Å²) >= 11 is 1.34. The minimum absolute atomic E-state index is 0.143. The molecule has 0 aliphatic heterocycles. The zero-order valence-electron chi connectivity index (χ0n) is 12.2. The summed E-state index contributed by atoms with van der Waals surface area (Å²) in [6, 6.07) is 7.12. The van der Waals surface area contributed by atoms with Crippen LogP contribution in [0, 0.1) is 0 Å². The highest BCUT2D eigenvalue weighted by molar-refractivity contribution is 7.99. The van der Waals surface area contributed by atoms with Gasteiger partial charge in [-0.3, -0.25) is 4.79 Å². The third kappa shape index (κ3) is 4.01. The number of anilines is 1. The maximum Gasteiger partial charge on any atom is 0.251 e. The molecule has 0 saturated heterocycles. The van der Waals surface area contributed by atoms with Gasteiger partial charge in [-0.2, -0.15) is 0 Å². The van der Waals surface area contributed by atoms with E-state index in [1.165, 1.54) is 17.8 Å². The average molecular weight is 305 g/mol. The van der Waals surface area contributed by atoms with Gasteiger partial charge in [0, 0.05) is 16.7 Å². The van der Waals surface area contributed by atoms with Crippen LogP contribution in [0.4, 0.5) is 5.69 Å². The van der Waals surface area contributed by atoms with Crippen molar-refractivity contribution in [3.05, 3.63) is 40.3 Å². The summed E-state index contributed by atoms with van der Waals surface area (Å²) in [5, 5.41) is 0.547. The molecule has 0 aliphatic carbocycles. The van der Waals surface area contributed by atoms with Crippen molar-refractivity contribution >= 4 is 17.4 Å². The lowest BCUT2D eigenvalue weighted by atomic mass is 10.2. The van der Waals surface area contributed by atoms with Crippen LogP contribution in [-0.2, 0) is 6.42 Å². The van der Waals surface area contributed by atoms with E-state index in [-0.39, 0.29) is 5.56 Å². The van der Waals surface area contributed by atoms with Crippen molar-refractivity contribution in [3.63, 3.8) is 0 Å². The van der Waals surface area contributed by atoms with Crippen molar-refractivity contribution < 1.29 is 4.74 Å². The molecule has 3 N–H and O–H groups in total. The molecule has 112 valence electrons. The number of benzene rings is 1. The number of hydrogen-bond donors (Lipinski definition) is 2. The van der Waals surface area contributed by atoms with E-state index in [1.54, 1.807) is 0 Å². The van der Waals surface area contributed by atoms with Gasteiger partial charge in [0.05, 0.1) is 12.3 Å². The van der Waals surface area contributed by atoms with Gasteiger partial charge in [0.1, 0.15) is 5.75 Å². The topological polar surface area (TPSA) is 81.0 Å². The van der Waals surface area contributed by atoms with E-state index < -0.39 is 0 Å². The Bertz CT molecular complexity index is 670. The molecule has 2 aromatic rings. The molecule has 0 aliphatic rings. The Labute approximate surface area is 127 Å². The van der Waals surface area contributed by atoms with E-state index in [9.17, 15) is 4.79 Å². The first-order chi connectivity index (χ1) is 10.1. The van der Waals surface area contributed by atoms with Crippen LogP contribution in [0.3, 0.4) is 0 Å². The predicted octanol–water partition coefficient (Wildman–Crippen LogP) is 2.85. The Morgan fingerprint density at radius 2 is 2.19 bits per heavy atom. The number of nitrogens with zero attached hydrogens (tertiary/aromatic N) is 1. The first-order valence-corrected chi connectivity index (χ1v) is 7.75. The van der Waals surface area contributed by atoms with Crippen LogP contribution < -0.4 is 16.0 Å². The third-order valence-corrected chi connectivity index (χ3v) is 3.77. The Hall–Kier alpha value is -1.95. The summed E-state index contributed by atoms with van der Waals surface area (Å²) < 4.78 is 5.47. The lowest BCUT2D eigenvalue weighted by molar-refractivity contribution is 0.341. The lowest BCUT2D eigenvalue weighted by Crippen LogP contribution is -2.10. The van der Waals surface area contributed by atoms with E-state index in [1.807, 2.05) is 25.1 Å². The first kappa shape index (κ1) is 15.4. The van der Waals surface area contributed by atoms with Crippen LogP contribution in [0.1, 0.15) is 26.0 Å². The van der Waals surface area contributed by atoms with E-state index in [4.69, 9.17) is 10.5 Å². The average Bonchev–Trinajstić information content (AvgIpc) is 2.43. The highest BCUT2D eigenvalue weighted by Crippen LogP contribution is 2.35. The zero-order valence-corrected chi connectivity index (χ0v) is 13.0. The normalized spacial score (nSPS) is 10.6. The molecule has 0 saturated carbocycles. The molecule has 0 bridgehead atoms. The van der Waals surface area contributed by atoms with Gasteiger partial charge in [-0.15, -0.1) is 0 Å². The lowest BCUT2D eigenvalue weighted by Gasteiger charge is -2.10. The van der Waals surface area contributed by atoms with Gasteiger partial charge in [-0.25, -0.2) is 4.98 Å². The standard InChI is InChI=1S/C15H19N3O2S/c1-3-6-10-9-13(19)18-15(17-10)21-12-8-5-7-11(14(12)16)20-4-2/h5,7-9H,3-4,6,16H2,1-2H3,(H,17,18,19). The van der Waals surface area contributed by atoms with Gasteiger partial charge in [0.2, 0.25) is 0 Å². The summed E-state index contributed by atoms with van der Waals surface area (Å²) in [6.07, 6.45) is 1.73. The maximum absolute atomic E-state index is 11.7. The summed E-state index contributed by atoms with van der Waals surface area (Å²) in [5.41, 5.74) is 7.30. The molecule has 5 nitrogen and oxygen atoms in total. The fourth-order valence-corrected chi connectivity index (χ4v) is 2.79. The van der Waals surface area contributed by atoms with Crippen molar-refractivity contribution in [2.45, 2.75) is 36.7 Å². The number of aryl methyl sites for hydroxylation is 1. The minimum atomic E-state index is -0.143. The number of ether oxygens (including phenoxy) is 1. The number of aromatic nitrogens is 2. The Balaban J connectivity index is 2.29. The molecule has 0 radical (unpaired) electrons. The molecular formula is C15H19N3O2S. The largest absolute Gasteiger partial charge is 0.492 e. The fraction of sp³-hybridized carbons (Fsp3) is 0.333. The van der Waals surface area contributed by atoms with E-state index in [2.05, 4.69) is 16.9 Å². The van der Waals surface area contributed by atoms with Gasteiger partial charge in [0.25, 0.3) is 5.56 Å². The molecule has 1 heterocycles. The number of aromatic amines is 1. The van der Waals surface area contributed by atoms with E-state index in [0.29, 0.717) is 23.2 Å². The molecule has 6 heteroatoms. The predicted molar refractivity (Wildman–Crippen MR) is 85.0 cm³/mol. The van der Waals surface area contributed by atoms with Crippen molar-refractivity contribution in [2.75, 3.05) is 12.3 Å². The number of H-pyrrole nitrogens is 1. The second-order valence-corrected chi connectivity index (χ2v) is 5.53. The van der Waals surface area contributed by atoms with Crippen LogP contribution in [0.25, 0.3) is 0 Å². The van der Waals surface area contributed by atoms with Gasteiger partial charge >= 0.3 is 0 Å². The van der Waals surface area contributed by atoms with Crippen molar-refractivity contribution in [1.29, 1.82) is 0 Å². The summed E-state index contributed by atoms with van der Waals surface area (Å²) in [4.78, 5) is 19.7. The van der Waals surface area contributed by atoms with Crippen LogP contribution in [0.5, 0.6) is 5.75 Å². The highest BCUT2D eigenvalue weighted by atomic mass is 32.2. The first-order valence-electron chi connectivity index (χ1n) is 6.93. The number of nitrogens with one attached hydrogen (secondary N) is 1. The summed E-state index contributed by atoms with van der Waals surface area (Å²) in [6.45, 7) is 4.52. The van der Waals surface area contributed by atoms with Crippen molar-refractivity contribution in [3.8, 4) is 5.75 Å². The van der Waals surface area contributed by atoms with Crippen LogP contribution >= 0.6 is 11.8 Å². The van der Waals surface area contributed by atoms with Crippen molar-refractivity contribution in [1.82, 2.24) is 9.97 Å². The molecule has 0 spiro atoms. The highest BCUT2D eigenvalue weighted by Gasteiger charge is 2.09. The van der Waals surface area contributed by atoms with Gasteiger partial charge in [0.15, 0.2) is 5.16 Å². The molecule has 0 atom stereocenters. The second-order valence-electron chi connectivity index (χ2n) is 4.49. The smallest absolute Gasteiger partial charge is 0.251 e. The molecule has 21 heavy (non-hydrogen) atoms. The molecule has 1 aromatic carbocycles. The molecular weight excluding hydrogens is 286 g/mol. The second kappa shape index (κ2) is 7.17. The summed E-state index contributed by atoms with van der Waals surface area (Å²) in [7, 11) is 0. The fourth-order valence-electron chi connectivity index (χ4n) is 1.91. The Morgan fingerprint density at radius 3 is 2.90 bits per heavy atom. The number of nitrogens with two attached hydrogens (primary N) is 1.